The van der Waals surface area contributed by atoms with E-state index in [1.165, 1.54) is 23.7 Å². The molecule has 0 amide bonds. The van der Waals surface area contributed by atoms with E-state index in [4.69, 9.17) is 0 Å². The van der Waals surface area contributed by atoms with E-state index < -0.39 is 0 Å². The first kappa shape index (κ1) is 12.2. The Morgan fingerprint density at radius 3 is 2.89 bits per heavy atom. The van der Waals surface area contributed by atoms with Crippen molar-refractivity contribution in [3.8, 4) is 5.75 Å². The zero-order chi connectivity index (χ0) is 13.2. The van der Waals surface area contributed by atoms with Gasteiger partial charge in [0.15, 0.2) is 0 Å². The highest BCUT2D eigenvalue weighted by molar-refractivity contribution is 5.34. The van der Waals surface area contributed by atoms with E-state index >= 15 is 0 Å². The molecule has 1 heterocycles. The average molecular weight is 254 g/mol. The van der Waals surface area contributed by atoms with Gasteiger partial charge in [0.05, 0.1) is 11.9 Å². The standard InChI is InChI=1S/C16H18N2O/c1-18(11-13-7-8-14(19)10-17-13)16-9-6-12-4-2-3-5-15(12)16/h2-5,7-8,10,16,19H,6,9,11H2,1H3. The SMILES string of the molecule is CN(Cc1ccc(O)cn1)C1CCc2ccccc21. The van der Waals surface area contributed by atoms with Gasteiger partial charge in [-0.15, -0.1) is 0 Å². The Labute approximate surface area is 113 Å². The van der Waals surface area contributed by atoms with Gasteiger partial charge in [0, 0.05) is 12.6 Å². The van der Waals surface area contributed by atoms with Crippen molar-refractivity contribution in [3.63, 3.8) is 0 Å². The second-order valence-electron chi connectivity index (χ2n) is 5.18. The lowest BCUT2D eigenvalue weighted by molar-refractivity contribution is 0.233. The summed E-state index contributed by atoms with van der Waals surface area (Å²) >= 11 is 0. The molecule has 0 aliphatic heterocycles. The normalized spacial score (nSPS) is 17.7. The van der Waals surface area contributed by atoms with Crippen molar-refractivity contribution in [2.24, 2.45) is 0 Å². The van der Waals surface area contributed by atoms with Crippen molar-refractivity contribution in [1.29, 1.82) is 0 Å². The maximum Gasteiger partial charge on any atom is 0.133 e. The van der Waals surface area contributed by atoms with E-state index in [1.807, 2.05) is 6.07 Å². The molecule has 2 aromatic rings. The van der Waals surface area contributed by atoms with E-state index in [1.54, 1.807) is 6.07 Å². The van der Waals surface area contributed by atoms with Crippen molar-refractivity contribution >= 4 is 0 Å². The molecular formula is C16H18N2O. The molecular weight excluding hydrogens is 236 g/mol. The molecule has 98 valence electrons. The lowest BCUT2D eigenvalue weighted by atomic mass is 10.1. The third-order valence-electron chi connectivity index (χ3n) is 3.85. The lowest BCUT2D eigenvalue weighted by Crippen LogP contribution is -2.22. The highest BCUT2D eigenvalue weighted by atomic mass is 16.3. The first-order valence-corrected chi connectivity index (χ1v) is 6.66. The van der Waals surface area contributed by atoms with Gasteiger partial charge in [-0.1, -0.05) is 24.3 Å². The van der Waals surface area contributed by atoms with Gasteiger partial charge < -0.3 is 5.11 Å². The zero-order valence-electron chi connectivity index (χ0n) is 11.1. The molecule has 0 fully saturated rings. The van der Waals surface area contributed by atoms with Gasteiger partial charge in [-0.2, -0.15) is 0 Å². The lowest BCUT2D eigenvalue weighted by Gasteiger charge is -2.24. The number of benzene rings is 1. The summed E-state index contributed by atoms with van der Waals surface area (Å²) in [6.07, 6.45) is 3.84. The van der Waals surface area contributed by atoms with Crippen molar-refractivity contribution in [2.75, 3.05) is 7.05 Å². The fourth-order valence-electron chi connectivity index (χ4n) is 2.87. The Morgan fingerprint density at radius 2 is 2.11 bits per heavy atom. The Kier molecular flexibility index (Phi) is 3.22. The van der Waals surface area contributed by atoms with E-state index in [0.717, 1.165) is 18.7 Å². The Bertz CT molecular complexity index is 565. The van der Waals surface area contributed by atoms with Crippen LogP contribution in [-0.2, 0) is 13.0 Å². The minimum Gasteiger partial charge on any atom is -0.506 e. The number of nitrogens with zero attached hydrogens (tertiary/aromatic N) is 2. The summed E-state index contributed by atoms with van der Waals surface area (Å²) in [6, 6.07) is 12.7. The summed E-state index contributed by atoms with van der Waals surface area (Å²) in [7, 11) is 2.14. The second-order valence-corrected chi connectivity index (χ2v) is 5.18. The maximum atomic E-state index is 9.26. The second kappa shape index (κ2) is 5.02. The predicted molar refractivity (Wildman–Crippen MR) is 74.9 cm³/mol. The first-order valence-electron chi connectivity index (χ1n) is 6.66. The first-order chi connectivity index (χ1) is 9.24. The van der Waals surface area contributed by atoms with Gasteiger partial charge in [-0.05, 0) is 43.1 Å². The van der Waals surface area contributed by atoms with Crippen molar-refractivity contribution < 1.29 is 5.11 Å². The van der Waals surface area contributed by atoms with Gasteiger partial charge >= 0.3 is 0 Å². The molecule has 3 heteroatoms. The molecule has 1 unspecified atom stereocenters. The van der Waals surface area contributed by atoms with Crippen LogP contribution >= 0.6 is 0 Å². The number of aromatic nitrogens is 1. The van der Waals surface area contributed by atoms with Crippen LogP contribution in [0.5, 0.6) is 5.75 Å². The molecule has 1 N–H and O–H groups in total. The average Bonchev–Trinajstić information content (AvgIpc) is 2.85. The molecule has 1 aliphatic rings. The summed E-state index contributed by atoms with van der Waals surface area (Å²) < 4.78 is 0. The molecule has 0 saturated heterocycles. The van der Waals surface area contributed by atoms with Crippen LogP contribution in [0.15, 0.2) is 42.6 Å². The summed E-state index contributed by atoms with van der Waals surface area (Å²) in [5.41, 5.74) is 3.91. The molecule has 0 saturated carbocycles. The highest BCUT2D eigenvalue weighted by Gasteiger charge is 2.25. The van der Waals surface area contributed by atoms with Crippen LogP contribution in [0.4, 0.5) is 0 Å². The zero-order valence-corrected chi connectivity index (χ0v) is 11.1. The number of aromatic hydroxyl groups is 1. The summed E-state index contributed by atoms with van der Waals surface area (Å²) in [6.45, 7) is 0.805. The smallest absolute Gasteiger partial charge is 0.133 e. The van der Waals surface area contributed by atoms with Crippen LogP contribution in [0, 0.1) is 0 Å². The maximum absolute atomic E-state index is 9.26. The summed E-state index contributed by atoms with van der Waals surface area (Å²) in [5, 5.41) is 9.26. The minimum atomic E-state index is 0.220. The number of hydrogen-bond donors (Lipinski definition) is 1. The van der Waals surface area contributed by atoms with Crippen LogP contribution < -0.4 is 0 Å². The van der Waals surface area contributed by atoms with Gasteiger partial charge in [-0.25, -0.2) is 0 Å². The van der Waals surface area contributed by atoms with Crippen molar-refractivity contribution in [3.05, 3.63) is 59.4 Å². The fraction of sp³-hybridized carbons (Fsp3) is 0.312. The molecule has 3 nitrogen and oxygen atoms in total. The van der Waals surface area contributed by atoms with E-state index in [2.05, 4.69) is 41.2 Å². The molecule has 1 atom stereocenters. The molecule has 0 spiro atoms. The van der Waals surface area contributed by atoms with Crippen molar-refractivity contribution in [2.45, 2.75) is 25.4 Å². The van der Waals surface area contributed by atoms with E-state index in [-0.39, 0.29) is 5.75 Å². The van der Waals surface area contributed by atoms with Crippen molar-refractivity contribution in [1.82, 2.24) is 9.88 Å². The molecule has 0 bridgehead atoms. The van der Waals surface area contributed by atoms with E-state index in [0.29, 0.717) is 6.04 Å². The number of rotatable bonds is 3. The Balaban J connectivity index is 1.75. The van der Waals surface area contributed by atoms with Gasteiger partial charge in [0.1, 0.15) is 5.75 Å². The number of hydrogen-bond acceptors (Lipinski definition) is 3. The third kappa shape index (κ3) is 2.47. The quantitative estimate of drug-likeness (QED) is 0.915. The van der Waals surface area contributed by atoms with Crippen LogP contribution in [0.3, 0.4) is 0 Å². The monoisotopic (exact) mass is 254 g/mol. The molecule has 1 aliphatic carbocycles. The largest absolute Gasteiger partial charge is 0.506 e. The van der Waals surface area contributed by atoms with Crippen LogP contribution in [0.1, 0.15) is 29.3 Å². The summed E-state index contributed by atoms with van der Waals surface area (Å²) in [5.74, 6) is 0.220. The predicted octanol–water partition coefficient (Wildman–Crippen LogP) is 2.91. The molecule has 3 rings (SSSR count). The number of fused-ring (bicyclic) bond motifs is 1. The Morgan fingerprint density at radius 1 is 1.26 bits per heavy atom. The van der Waals surface area contributed by atoms with Crippen LogP contribution in [0.2, 0.25) is 0 Å². The fourth-order valence-corrected chi connectivity index (χ4v) is 2.87. The minimum absolute atomic E-state index is 0.220. The third-order valence-corrected chi connectivity index (χ3v) is 3.85. The molecule has 19 heavy (non-hydrogen) atoms. The van der Waals surface area contributed by atoms with E-state index in [9.17, 15) is 5.11 Å². The van der Waals surface area contributed by atoms with Gasteiger partial charge in [0.2, 0.25) is 0 Å². The van der Waals surface area contributed by atoms with Crippen LogP contribution in [-0.4, -0.2) is 22.0 Å². The molecule has 1 aromatic carbocycles. The molecule has 0 radical (unpaired) electrons. The highest BCUT2D eigenvalue weighted by Crippen LogP contribution is 2.35. The number of aryl methyl sites for hydroxylation is 1. The molecule has 1 aromatic heterocycles. The number of pyridine rings is 1. The Hall–Kier alpha value is -1.87. The van der Waals surface area contributed by atoms with Gasteiger partial charge in [0.25, 0.3) is 0 Å². The van der Waals surface area contributed by atoms with Crippen LogP contribution in [0.25, 0.3) is 0 Å². The summed E-state index contributed by atoms with van der Waals surface area (Å²) in [4.78, 5) is 6.59. The van der Waals surface area contributed by atoms with Gasteiger partial charge in [-0.3, -0.25) is 9.88 Å². The topological polar surface area (TPSA) is 36.4 Å².